The van der Waals surface area contributed by atoms with E-state index in [0.717, 1.165) is 26.5 Å². The molecule has 0 fully saturated rings. The highest BCUT2D eigenvalue weighted by Crippen LogP contribution is 2.32. The van der Waals surface area contributed by atoms with E-state index >= 15 is 0 Å². The summed E-state index contributed by atoms with van der Waals surface area (Å²) in [5, 5.41) is 27.4. The number of rotatable bonds is 9. The molecule has 3 N–H and O–H groups in total. The number of carbonyl (C=O) groups is 1. The van der Waals surface area contributed by atoms with Crippen molar-refractivity contribution < 1.29 is 14.6 Å². The molecule has 0 aliphatic rings. The van der Waals surface area contributed by atoms with Crippen LogP contribution in [0.4, 0.5) is 21.9 Å². The number of carbonyl (C=O) groups excluding carboxylic acids is 1. The number of aliphatic hydroxyl groups is 1. The minimum absolute atomic E-state index is 0.0616. The Morgan fingerprint density at radius 2 is 1.91 bits per heavy atom. The van der Waals surface area contributed by atoms with Gasteiger partial charge in [0.1, 0.15) is 0 Å². The largest absolute Gasteiger partial charge is 0.461 e. The Morgan fingerprint density at radius 3 is 2.69 bits per heavy atom. The first-order valence-electron chi connectivity index (χ1n) is 10.1. The van der Waals surface area contributed by atoms with Gasteiger partial charge in [0.15, 0.2) is 27.6 Å². The summed E-state index contributed by atoms with van der Waals surface area (Å²) in [7, 11) is 0. The number of benzene rings is 1. The lowest BCUT2D eigenvalue weighted by Crippen LogP contribution is -2.09. The third-order valence-corrected chi connectivity index (χ3v) is 6.37. The second kappa shape index (κ2) is 9.98. The molecule has 0 bridgehead atoms. The van der Waals surface area contributed by atoms with Gasteiger partial charge >= 0.3 is 5.97 Å². The molecule has 32 heavy (non-hydrogen) atoms. The van der Waals surface area contributed by atoms with Crippen molar-refractivity contribution in [3.8, 4) is 0 Å². The summed E-state index contributed by atoms with van der Waals surface area (Å²) in [5.74, 6) is 0.680. The first-order valence-corrected chi connectivity index (χ1v) is 11.8. The molecule has 3 aromatic heterocycles. The minimum Gasteiger partial charge on any atom is -0.461 e. The topological polar surface area (TPSA) is 122 Å². The van der Waals surface area contributed by atoms with Crippen molar-refractivity contribution in [1.82, 2.24) is 20.2 Å². The molecular weight excluding hydrogens is 448 g/mol. The van der Waals surface area contributed by atoms with Crippen molar-refractivity contribution >= 4 is 60.8 Å². The third-order valence-electron chi connectivity index (χ3n) is 4.66. The maximum Gasteiger partial charge on any atom is 0.357 e. The van der Waals surface area contributed by atoms with E-state index in [-0.39, 0.29) is 18.9 Å². The fraction of sp³-hybridized carbons (Fsp3) is 0.286. The zero-order valence-electron chi connectivity index (χ0n) is 17.6. The zero-order valence-corrected chi connectivity index (χ0v) is 19.2. The van der Waals surface area contributed by atoms with E-state index < -0.39 is 5.97 Å². The Morgan fingerprint density at radius 1 is 1.12 bits per heavy atom. The van der Waals surface area contributed by atoms with Crippen LogP contribution in [0.1, 0.15) is 35.0 Å². The molecule has 0 atom stereocenters. The van der Waals surface area contributed by atoms with Crippen LogP contribution in [0, 0.1) is 6.92 Å². The van der Waals surface area contributed by atoms with Gasteiger partial charge in [-0.25, -0.2) is 14.8 Å². The summed E-state index contributed by atoms with van der Waals surface area (Å²) >= 11 is 2.82. The fourth-order valence-electron chi connectivity index (χ4n) is 3.10. The predicted molar refractivity (Wildman–Crippen MR) is 126 cm³/mol. The quantitative estimate of drug-likeness (QED) is 0.305. The van der Waals surface area contributed by atoms with Crippen LogP contribution in [-0.2, 0) is 11.2 Å². The summed E-state index contributed by atoms with van der Waals surface area (Å²) < 4.78 is 6.07. The molecule has 4 rings (SSSR count). The summed E-state index contributed by atoms with van der Waals surface area (Å²) in [6.07, 6.45) is 1.18. The van der Waals surface area contributed by atoms with Crippen LogP contribution in [0.25, 0.3) is 10.2 Å². The normalized spacial score (nSPS) is 11.0. The van der Waals surface area contributed by atoms with Gasteiger partial charge in [-0.15, -0.1) is 21.5 Å². The molecule has 0 saturated heterocycles. The first-order chi connectivity index (χ1) is 15.6. The summed E-state index contributed by atoms with van der Waals surface area (Å²) in [4.78, 5) is 20.8. The Hall–Kier alpha value is -3.15. The van der Waals surface area contributed by atoms with Gasteiger partial charge < -0.3 is 20.5 Å². The number of fused-ring (bicyclic) bond motifs is 1. The van der Waals surface area contributed by atoms with Gasteiger partial charge in [0.05, 0.1) is 16.8 Å². The Labute approximate surface area is 192 Å². The Kier molecular flexibility index (Phi) is 6.88. The third kappa shape index (κ3) is 4.85. The lowest BCUT2D eigenvalue weighted by Gasteiger charge is -2.14. The molecule has 0 amide bonds. The van der Waals surface area contributed by atoms with Gasteiger partial charge in [-0.05, 0) is 38.8 Å². The SMILES string of the molecule is CCOC(=O)c1csc(Nc2nnc(Nc3nc4ccccc4s3)c(C)c2CCCO)n1. The van der Waals surface area contributed by atoms with E-state index in [1.165, 1.54) is 11.3 Å². The van der Waals surface area contributed by atoms with Crippen molar-refractivity contribution in [2.75, 3.05) is 23.8 Å². The summed E-state index contributed by atoms with van der Waals surface area (Å²) in [6, 6.07) is 7.92. The first kappa shape index (κ1) is 22.1. The smallest absolute Gasteiger partial charge is 0.357 e. The molecule has 1 aromatic carbocycles. The second-order valence-electron chi connectivity index (χ2n) is 6.82. The molecule has 0 aliphatic heterocycles. The van der Waals surface area contributed by atoms with Crippen LogP contribution in [0.5, 0.6) is 0 Å². The van der Waals surface area contributed by atoms with Crippen molar-refractivity contribution in [3.63, 3.8) is 0 Å². The Bertz CT molecular complexity index is 1210. The molecule has 0 aliphatic carbocycles. The summed E-state index contributed by atoms with van der Waals surface area (Å²) in [5.41, 5.74) is 2.98. The van der Waals surface area contributed by atoms with E-state index in [2.05, 4.69) is 30.8 Å². The van der Waals surface area contributed by atoms with Gasteiger partial charge in [0.2, 0.25) is 0 Å². The molecule has 3 heterocycles. The molecular formula is C21H22N6O3S2. The number of aliphatic hydroxyl groups excluding tert-OH is 1. The molecule has 4 aromatic rings. The van der Waals surface area contributed by atoms with E-state index in [1.54, 1.807) is 23.6 Å². The zero-order chi connectivity index (χ0) is 22.5. The second-order valence-corrected chi connectivity index (χ2v) is 8.71. The molecule has 9 nitrogen and oxygen atoms in total. The molecule has 0 unspecified atom stereocenters. The van der Waals surface area contributed by atoms with Crippen LogP contribution in [0.15, 0.2) is 29.6 Å². The number of para-hydroxylation sites is 1. The highest BCUT2D eigenvalue weighted by Gasteiger charge is 2.17. The van der Waals surface area contributed by atoms with E-state index in [9.17, 15) is 9.90 Å². The maximum atomic E-state index is 11.9. The van der Waals surface area contributed by atoms with Crippen LogP contribution in [0.3, 0.4) is 0 Å². The number of ether oxygens (including phenoxy) is 1. The lowest BCUT2D eigenvalue weighted by atomic mass is 10.1. The number of thiazole rings is 2. The summed E-state index contributed by atoms with van der Waals surface area (Å²) in [6.45, 7) is 4.05. The molecule has 0 spiro atoms. The maximum absolute atomic E-state index is 11.9. The van der Waals surface area contributed by atoms with E-state index in [4.69, 9.17) is 4.74 Å². The van der Waals surface area contributed by atoms with Crippen molar-refractivity contribution in [1.29, 1.82) is 0 Å². The van der Waals surface area contributed by atoms with E-state index in [0.29, 0.717) is 29.6 Å². The minimum atomic E-state index is -0.463. The number of esters is 1. The van der Waals surface area contributed by atoms with Crippen LogP contribution < -0.4 is 10.6 Å². The predicted octanol–water partition coefficient (Wildman–Crippen LogP) is 4.44. The fourth-order valence-corrected chi connectivity index (χ4v) is 4.64. The van der Waals surface area contributed by atoms with Gasteiger partial charge in [0, 0.05) is 23.1 Å². The van der Waals surface area contributed by atoms with Crippen molar-refractivity contribution in [2.24, 2.45) is 0 Å². The Balaban J connectivity index is 1.60. The number of nitrogens with one attached hydrogen (secondary N) is 2. The van der Waals surface area contributed by atoms with Crippen molar-refractivity contribution in [2.45, 2.75) is 26.7 Å². The monoisotopic (exact) mass is 470 g/mol. The van der Waals surface area contributed by atoms with Gasteiger partial charge in [-0.1, -0.05) is 23.5 Å². The highest BCUT2D eigenvalue weighted by atomic mass is 32.1. The van der Waals surface area contributed by atoms with Crippen LogP contribution in [-0.4, -0.2) is 44.5 Å². The molecule has 0 saturated carbocycles. The molecule has 166 valence electrons. The average Bonchev–Trinajstić information content (AvgIpc) is 3.42. The number of aromatic nitrogens is 4. The lowest BCUT2D eigenvalue weighted by molar-refractivity contribution is 0.0520. The number of nitrogens with zero attached hydrogens (tertiary/aromatic N) is 4. The van der Waals surface area contributed by atoms with Gasteiger partial charge in [0.25, 0.3) is 0 Å². The van der Waals surface area contributed by atoms with Crippen LogP contribution in [0.2, 0.25) is 0 Å². The van der Waals surface area contributed by atoms with Gasteiger partial charge in [-0.3, -0.25) is 0 Å². The number of hydrogen-bond donors (Lipinski definition) is 3. The average molecular weight is 471 g/mol. The van der Waals surface area contributed by atoms with Crippen LogP contribution >= 0.6 is 22.7 Å². The van der Waals surface area contributed by atoms with Gasteiger partial charge in [-0.2, -0.15) is 0 Å². The standard InChI is InChI=1S/C21H22N6O3S2/c1-3-30-19(29)15-11-31-20(23-15)25-18-13(7-6-10-28)12(2)17(26-27-18)24-21-22-14-8-4-5-9-16(14)32-21/h4-5,8-9,11,28H,3,6-7,10H2,1-2H3,(H,22,24,26)(H,23,25,27). The van der Waals surface area contributed by atoms with E-state index in [1.807, 2.05) is 31.2 Å². The number of anilines is 4. The number of hydrogen-bond acceptors (Lipinski definition) is 11. The highest BCUT2D eigenvalue weighted by molar-refractivity contribution is 7.22. The molecule has 0 radical (unpaired) electrons. The molecule has 11 heteroatoms. The van der Waals surface area contributed by atoms with Crippen molar-refractivity contribution in [3.05, 3.63) is 46.5 Å².